The minimum Gasteiger partial charge on any atom is -0.295 e. The van der Waals surface area contributed by atoms with Gasteiger partial charge in [-0.3, -0.25) is 9.36 Å². The van der Waals surface area contributed by atoms with Gasteiger partial charge < -0.3 is 0 Å². The zero-order chi connectivity index (χ0) is 15.8. The Balaban J connectivity index is 1.77. The largest absolute Gasteiger partial charge is 0.295 e. The molecule has 1 aliphatic rings. The Morgan fingerprint density at radius 2 is 1.87 bits per heavy atom. The lowest BCUT2D eigenvalue weighted by Gasteiger charge is -2.27. The predicted molar refractivity (Wildman–Crippen MR) is 96.0 cm³/mol. The Morgan fingerprint density at radius 1 is 1.13 bits per heavy atom. The third kappa shape index (κ3) is 2.61. The maximum absolute atomic E-state index is 12.9. The van der Waals surface area contributed by atoms with E-state index in [1.807, 2.05) is 22.8 Å². The summed E-state index contributed by atoms with van der Waals surface area (Å²) in [5.41, 5.74) is 3.15. The van der Waals surface area contributed by atoms with Crippen molar-refractivity contribution in [1.29, 1.82) is 0 Å². The smallest absolute Gasteiger partial charge is 0.271 e. The van der Waals surface area contributed by atoms with Crippen LogP contribution in [0.4, 0.5) is 0 Å². The summed E-state index contributed by atoms with van der Waals surface area (Å²) in [5.74, 6) is 0.782. The number of aromatic nitrogens is 2. The first-order valence-corrected chi connectivity index (χ1v) is 9.16. The summed E-state index contributed by atoms with van der Waals surface area (Å²) >= 11 is 1.52. The Labute approximate surface area is 139 Å². The Kier molecular flexibility index (Phi) is 3.77. The van der Waals surface area contributed by atoms with Gasteiger partial charge in [-0.05, 0) is 37.2 Å². The zero-order valence-electron chi connectivity index (χ0n) is 13.2. The molecule has 4 rings (SSSR count). The molecule has 0 amide bonds. The van der Waals surface area contributed by atoms with Gasteiger partial charge in [0.05, 0.1) is 11.8 Å². The predicted octanol–water partition coefficient (Wildman–Crippen LogP) is 4.88. The average molecular weight is 324 g/mol. The monoisotopic (exact) mass is 324 g/mol. The molecule has 0 aliphatic heterocycles. The van der Waals surface area contributed by atoms with Gasteiger partial charge in [-0.2, -0.15) is 0 Å². The van der Waals surface area contributed by atoms with Crippen molar-refractivity contribution in [3.63, 3.8) is 0 Å². The van der Waals surface area contributed by atoms with Gasteiger partial charge in [0.15, 0.2) is 0 Å². The molecule has 0 saturated heterocycles. The second-order valence-electron chi connectivity index (χ2n) is 6.56. The van der Waals surface area contributed by atoms with E-state index in [1.54, 1.807) is 6.33 Å². The molecule has 0 N–H and O–H groups in total. The maximum atomic E-state index is 12.9. The van der Waals surface area contributed by atoms with Gasteiger partial charge in [0, 0.05) is 17.0 Å². The Bertz CT molecular complexity index is 873. The number of rotatable bonds is 2. The lowest BCUT2D eigenvalue weighted by Crippen LogP contribution is -2.27. The van der Waals surface area contributed by atoms with E-state index in [0.29, 0.717) is 6.04 Å². The summed E-state index contributed by atoms with van der Waals surface area (Å²) < 4.78 is 2.66. The SMILES string of the molecule is CC1CCC(n2cnc3c(-c4ccccc4)csc3c2=O)CC1. The van der Waals surface area contributed by atoms with Crippen LogP contribution in [0.25, 0.3) is 21.3 Å². The van der Waals surface area contributed by atoms with Gasteiger partial charge in [-0.15, -0.1) is 11.3 Å². The molecule has 1 aliphatic carbocycles. The van der Waals surface area contributed by atoms with Crippen molar-refractivity contribution in [3.05, 3.63) is 52.4 Å². The van der Waals surface area contributed by atoms with Crippen LogP contribution >= 0.6 is 11.3 Å². The van der Waals surface area contributed by atoms with Gasteiger partial charge in [-0.25, -0.2) is 4.98 Å². The van der Waals surface area contributed by atoms with E-state index in [-0.39, 0.29) is 5.56 Å². The van der Waals surface area contributed by atoms with Gasteiger partial charge in [0.2, 0.25) is 0 Å². The number of hydrogen-bond donors (Lipinski definition) is 0. The topological polar surface area (TPSA) is 34.9 Å². The third-order valence-corrected chi connectivity index (χ3v) is 5.93. The Morgan fingerprint density at radius 3 is 2.61 bits per heavy atom. The molecular weight excluding hydrogens is 304 g/mol. The van der Waals surface area contributed by atoms with Crippen LogP contribution in [0.3, 0.4) is 0 Å². The van der Waals surface area contributed by atoms with E-state index >= 15 is 0 Å². The molecule has 23 heavy (non-hydrogen) atoms. The highest BCUT2D eigenvalue weighted by atomic mass is 32.1. The fourth-order valence-electron chi connectivity index (χ4n) is 3.52. The van der Waals surface area contributed by atoms with Gasteiger partial charge in [-0.1, -0.05) is 37.3 Å². The summed E-state index contributed by atoms with van der Waals surface area (Å²) in [6.07, 6.45) is 6.35. The number of fused-ring (bicyclic) bond motifs is 1. The van der Waals surface area contributed by atoms with Gasteiger partial charge in [0.25, 0.3) is 5.56 Å². The minimum atomic E-state index is 0.127. The van der Waals surface area contributed by atoms with Crippen LogP contribution in [0.2, 0.25) is 0 Å². The molecule has 0 atom stereocenters. The van der Waals surface area contributed by atoms with Crippen molar-refractivity contribution in [2.75, 3.05) is 0 Å². The zero-order valence-corrected chi connectivity index (χ0v) is 14.1. The highest BCUT2D eigenvalue weighted by Crippen LogP contribution is 2.33. The molecule has 0 unspecified atom stereocenters. The van der Waals surface area contributed by atoms with Gasteiger partial charge >= 0.3 is 0 Å². The number of nitrogens with zero attached hydrogens (tertiary/aromatic N) is 2. The lowest BCUT2D eigenvalue weighted by atomic mass is 9.87. The fourth-order valence-corrected chi connectivity index (χ4v) is 4.49. The molecule has 2 aromatic heterocycles. The molecule has 1 saturated carbocycles. The first-order chi connectivity index (χ1) is 11.2. The van der Waals surface area contributed by atoms with Crippen molar-refractivity contribution < 1.29 is 0 Å². The van der Waals surface area contributed by atoms with Crippen molar-refractivity contribution in [2.24, 2.45) is 5.92 Å². The summed E-state index contributed by atoms with van der Waals surface area (Å²) in [7, 11) is 0. The molecule has 118 valence electrons. The summed E-state index contributed by atoms with van der Waals surface area (Å²) in [6, 6.07) is 10.5. The molecule has 4 heteroatoms. The summed E-state index contributed by atoms with van der Waals surface area (Å²) in [4.78, 5) is 17.5. The van der Waals surface area contributed by atoms with Crippen LogP contribution in [-0.4, -0.2) is 9.55 Å². The molecule has 3 aromatic rings. The second-order valence-corrected chi connectivity index (χ2v) is 7.44. The number of benzene rings is 1. The van der Waals surface area contributed by atoms with Crippen molar-refractivity contribution in [2.45, 2.75) is 38.6 Å². The molecule has 0 bridgehead atoms. The molecule has 3 nitrogen and oxygen atoms in total. The van der Waals surface area contributed by atoms with Crippen LogP contribution in [0.5, 0.6) is 0 Å². The summed E-state index contributed by atoms with van der Waals surface area (Å²) in [6.45, 7) is 2.30. The maximum Gasteiger partial charge on any atom is 0.271 e. The first kappa shape index (κ1) is 14.6. The van der Waals surface area contributed by atoms with E-state index in [0.717, 1.165) is 40.1 Å². The average Bonchev–Trinajstić information content (AvgIpc) is 3.02. The third-order valence-electron chi connectivity index (χ3n) is 4.97. The van der Waals surface area contributed by atoms with Crippen LogP contribution in [0, 0.1) is 5.92 Å². The number of hydrogen-bond acceptors (Lipinski definition) is 3. The van der Waals surface area contributed by atoms with E-state index in [4.69, 9.17) is 0 Å². The molecule has 1 fully saturated rings. The lowest BCUT2D eigenvalue weighted by molar-refractivity contribution is 0.284. The first-order valence-electron chi connectivity index (χ1n) is 8.28. The minimum absolute atomic E-state index is 0.127. The van der Waals surface area contributed by atoms with E-state index in [9.17, 15) is 4.79 Å². The normalized spacial score (nSPS) is 21.6. The van der Waals surface area contributed by atoms with E-state index in [1.165, 1.54) is 24.2 Å². The molecule has 1 aromatic carbocycles. The molecule has 0 spiro atoms. The van der Waals surface area contributed by atoms with Crippen LogP contribution in [-0.2, 0) is 0 Å². The number of thiophene rings is 1. The van der Waals surface area contributed by atoms with Crippen molar-refractivity contribution in [1.82, 2.24) is 9.55 Å². The quantitative estimate of drug-likeness (QED) is 0.673. The fraction of sp³-hybridized carbons (Fsp3) is 0.368. The molecule has 2 heterocycles. The standard InChI is InChI=1S/C19H20N2OS/c1-13-7-9-15(10-8-13)21-12-20-17-16(11-23-18(17)19(21)22)14-5-3-2-4-6-14/h2-6,11-13,15H,7-10H2,1H3. The molecular formula is C19H20N2OS. The highest BCUT2D eigenvalue weighted by Gasteiger charge is 2.22. The van der Waals surface area contributed by atoms with Crippen molar-refractivity contribution >= 4 is 21.6 Å². The molecule has 0 radical (unpaired) electrons. The van der Waals surface area contributed by atoms with E-state index < -0.39 is 0 Å². The van der Waals surface area contributed by atoms with Crippen LogP contribution in [0.1, 0.15) is 38.6 Å². The van der Waals surface area contributed by atoms with Crippen LogP contribution in [0.15, 0.2) is 46.8 Å². The van der Waals surface area contributed by atoms with Crippen molar-refractivity contribution in [3.8, 4) is 11.1 Å². The second kappa shape index (κ2) is 5.93. The van der Waals surface area contributed by atoms with E-state index in [2.05, 4.69) is 29.4 Å². The summed E-state index contributed by atoms with van der Waals surface area (Å²) in [5, 5.41) is 2.06. The Hall–Kier alpha value is -1.94. The highest BCUT2D eigenvalue weighted by molar-refractivity contribution is 7.17. The van der Waals surface area contributed by atoms with Crippen LogP contribution < -0.4 is 5.56 Å². The van der Waals surface area contributed by atoms with Gasteiger partial charge in [0.1, 0.15) is 4.70 Å².